The van der Waals surface area contributed by atoms with Crippen LogP contribution in [0.15, 0.2) is 36.7 Å². The van der Waals surface area contributed by atoms with Crippen LogP contribution < -0.4 is 0 Å². The summed E-state index contributed by atoms with van der Waals surface area (Å²) in [5.74, 6) is 0.742. The van der Waals surface area contributed by atoms with Crippen molar-refractivity contribution in [1.82, 2.24) is 15.1 Å². The maximum atomic E-state index is 12.6. The van der Waals surface area contributed by atoms with Gasteiger partial charge in [-0.25, -0.2) is 0 Å². The van der Waals surface area contributed by atoms with Crippen molar-refractivity contribution in [2.45, 2.75) is 19.8 Å². The van der Waals surface area contributed by atoms with Gasteiger partial charge in [-0.15, -0.1) is 0 Å². The van der Waals surface area contributed by atoms with Crippen LogP contribution in [0.4, 0.5) is 0 Å². The van der Waals surface area contributed by atoms with Crippen molar-refractivity contribution in [3.05, 3.63) is 42.2 Å². The van der Waals surface area contributed by atoms with Gasteiger partial charge in [-0.1, -0.05) is 19.1 Å². The highest BCUT2D eigenvalue weighted by molar-refractivity contribution is 5.95. The molecule has 3 rings (SSSR count). The molecule has 0 saturated carbocycles. The van der Waals surface area contributed by atoms with E-state index in [0.717, 1.165) is 36.2 Å². The van der Waals surface area contributed by atoms with Crippen LogP contribution in [0.1, 0.15) is 30.1 Å². The lowest BCUT2D eigenvalue weighted by atomic mass is 9.99. The highest BCUT2D eigenvalue weighted by atomic mass is 16.2. The third kappa shape index (κ3) is 2.59. The van der Waals surface area contributed by atoms with Crippen molar-refractivity contribution in [2.75, 3.05) is 13.1 Å². The second kappa shape index (κ2) is 5.49. The predicted molar refractivity (Wildman–Crippen MR) is 78.3 cm³/mol. The van der Waals surface area contributed by atoms with Gasteiger partial charge in [0.1, 0.15) is 0 Å². The number of aromatic amines is 1. The van der Waals surface area contributed by atoms with Crippen molar-refractivity contribution < 1.29 is 4.79 Å². The molecule has 1 saturated heterocycles. The summed E-state index contributed by atoms with van der Waals surface area (Å²) in [7, 11) is 0. The van der Waals surface area contributed by atoms with Gasteiger partial charge in [-0.3, -0.25) is 9.89 Å². The Morgan fingerprint density at radius 2 is 2.30 bits per heavy atom. The van der Waals surface area contributed by atoms with Crippen molar-refractivity contribution in [3.63, 3.8) is 0 Å². The van der Waals surface area contributed by atoms with E-state index in [0.29, 0.717) is 5.92 Å². The number of nitrogens with one attached hydrogen (secondary N) is 1. The molecule has 1 aliphatic rings. The van der Waals surface area contributed by atoms with E-state index in [1.54, 1.807) is 6.20 Å². The highest BCUT2D eigenvalue weighted by Crippen LogP contribution is 2.22. The molecule has 1 aromatic carbocycles. The molecule has 1 unspecified atom stereocenters. The Hall–Kier alpha value is -2.10. The number of aromatic nitrogens is 2. The molecule has 0 bridgehead atoms. The predicted octanol–water partition coefficient (Wildman–Crippen LogP) is 2.95. The lowest BCUT2D eigenvalue weighted by Crippen LogP contribution is -2.39. The lowest BCUT2D eigenvalue weighted by molar-refractivity contribution is 0.0683. The maximum absolute atomic E-state index is 12.6. The number of carbonyl (C=O) groups is 1. The van der Waals surface area contributed by atoms with Gasteiger partial charge in [0.05, 0.1) is 6.20 Å². The third-order valence-corrected chi connectivity index (χ3v) is 3.89. The largest absolute Gasteiger partial charge is 0.338 e. The smallest absolute Gasteiger partial charge is 0.253 e. The number of piperidine rings is 1. The molecule has 0 radical (unpaired) electrons. The molecule has 0 aliphatic carbocycles. The summed E-state index contributed by atoms with van der Waals surface area (Å²) in [4.78, 5) is 14.5. The molecule has 2 heterocycles. The average molecular weight is 269 g/mol. The first-order valence-electron chi connectivity index (χ1n) is 7.12. The second-order valence-corrected chi connectivity index (χ2v) is 5.57. The monoisotopic (exact) mass is 269 g/mol. The number of rotatable bonds is 2. The summed E-state index contributed by atoms with van der Waals surface area (Å²) < 4.78 is 0. The Kier molecular flexibility index (Phi) is 3.54. The lowest BCUT2D eigenvalue weighted by Gasteiger charge is -2.31. The Morgan fingerprint density at radius 1 is 1.40 bits per heavy atom. The van der Waals surface area contributed by atoms with Gasteiger partial charge >= 0.3 is 0 Å². The normalized spacial score (nSPS) is 19.1. The van der Waals surface area contributed by atoms with E-state index in [-0.39, 0.29) is 5.91 Å². The topological polar surface area (TPSA) is 49.0 Å². The van der Waals surface area contributed by atoms with E-state index in [4.69, 9.17) is 0 Å². The number of hydrogen-bond donors (Lipinski definition) is 1. The minimum Gasteiger partial charge on any atom is -0.338 e. The van der Waals surface area contributed by atoms with E-state index in [1.165, 1.54) is 6.42 Å². The number of carbonyl (C=O) groups excluding carboxylic acids is 1. The van der Waals surface area contributed by atoms with E-state index in [1.807, 2.05) is 35.4 Å². The number of likely N-dealkylation sites (tertiary alicyclic amines) is 1. The molecule has 1 aliphatic heterocycles. The van der Waals surface area contributed by atoms with Crippen LogP contribution in [-0.4, -0.2) is 34.1 Å². The number of nitrogens with zero attached hydrogens (tertiary/aromatic N) is 2. The number of benzene rings is 1. The molecule has 4 nitrogen and oxygen atoms in total. The zero-order valence-corrected chi connectivity index (χ0v) is 11.7. The molecule has 20 heavy (non-hydrogen) atoms. The first-order chi connectivity index (χ1) is 9.74. The molecule has 104 valence electrons. The Balaban J connectivity index is 1.83. The van der Waals surface area contributed by atoms with Crippen LogP contribution in [0.25, 0.3) is 11.1 Å². The fraction of sp³-hybridized carbons (Fsp3) is 0.375. The quantitative estimate of drug-likeness (QED) is 0.911. The molecule has 2 aromatic rings. The Bertz CT molecular complexity index is 592. The first-order valence-corrected chi connectivity index (χ1v) is 7.12. The maximum Gasteiger partial charge on any atom is 0.253 e. The van der Waals surface area contributed by atoms with E-state index < -0.39 is 0 Å². The molecular weight excluding hydrogens is 250 g/mol. The van der Waals surface area contributed by atoms with Gasteiger partial charge in [0.15, 0.2) is 0 Å². The second-order valence-electron chi connectivity index (χ2n) is 5.57. The summed E-state index contributed by atoms with van der Waals surface area (Å²) in [5, 5.41) is 6.75. The highest BCUT2D eigenvalue weighted by Gasteiger charge is 2.22. The molecule has 1 aromatic heterocycles. The molecule has 0 spiro atoms. The third-order valence-electron chi connectivity index (χ3n) is 3.89. The minimum atomic E-state index is 0.141. The van der Waals surface area contributed by atoms with Gasteiger partial charge < -0.3 is 4.90 Å². The van der Waals surface area contributed by atoms with Crippen molar-refractivity contribution in [2.24, 2.45) is 5.92 Å². The minimum absolute atomic E-state index is 0.141. The zero-order chi connectivity index (χ0) is 13.9. The summed E-state index contributed by atoms with van der Waals surface area (Å²) in [5.41, 5.74) is 2.79. The fourth-order valence-electron chi connectivity index (χ4n) is 2.80. The van der Waals surface area contributed by atoms with Crippen LogP contribution in [0.3, 0.4) is 0 Å². The van der Waals surface area contributed by atoms with Crippen LogP contribution in [0, 0.1) is 5.92 Å². The van der Waals surface area contributed by atoms with Crippen LogP contribution in [0.2, 0.25) is 0 Å². The number of amides is 1. The summed E-state index contributed by atoms with van der Waals surface area (Å²) in [6.45, 7) is 3.95. The van der Waals surface area contributed by atoms with Gasteiger partial charge in [0, 0.05) is 30.4 Å². The van der Waals surface area contributed by atoms with Gasteiger partial charge in [-0.2, -0.15) is 5.10 Å². The Morgan fingerprint density at radius 3 is 3.05 bits per heavy atom. The summed E-state index contributed by atoms with van der Waals surface area (Å²) >= 11 is 0. The van der Waals surface area contributed by atoms with Gasteiger partial charge in [0.25, 0.3) is 5.91 Å². The van der Waals surface area contributed by atoms with E-state index in [9.17, 15) is 4.79 Å². The van der Waals surface area contributed by atoms with E-state index >= 15 is 0 Å². The van der Waals surface area contributed by atoms with Gasteiger partial charge in [-0.05, 0) is 36.5 Å². The van der Waals surface area contributed by atoms with Crippen molar-refractivity contribution in [3.8, 4) is 11.1 Å². The summed E-state index contributed by atoms with van der Waals surface area (Å²) in [6.07, 6.45) is 5.94. The Labute approximate surface area is 118 Å². The molecular formula is C16H19N3O. The molecule has 1 atom stereocenters. The molecule has 1 N–H and O–H groups in total. The average Bonchev–Trinajstić information content (AvgIpc) is 3.01. The molecule has 4 heteroatoms. The van der Waals surface area contributed by atoms with Crippen molar-refractivity contribution >= 4 is 5.91 Å². The molecule has 1 amide bonds. The fourth-order valence-corrected chi connectivity index (χ4v) is 2.80. The molecule has 1 fully saturated rings. The van der Waals surface area contributed by atoms with Crippen molar-refractivity contribution in [1.29, 1.82) is 0 Å². The van der Waals surface area contributed by atoms with E-state index in [2.05, 4.69) is 17.1 Å². The van der Waals surface area contributed by atoms with Crippen LogP contribution >= 0.6 is 0 Å². The first kappa shape index (κ1) is 12.9. The SMILES string of the molecule is CC1CCCN(C(=O)c2cccc(-c3cn[nH]c3)c2)C1. The number of H-pyrrole nitrogens is 1. The van der Waals surface area contributed by atoms with Gasteiger partial charge in [0.2, 0.25) is 0 Å². The standard InChI is InChI=1S/C16H19N3O/c1-12-4-3-7-19(11-12)16(20)14-6-2-5-13(8-14)15-9-17-18-10-15/h2,5-6,8-10,12H,3-4,7,11H2,1H3,(H,17,18). The summed E-state index contributed by atoms with van der Waals surface area (Å²) in [6, 6.07) is 7.78. The zero-order valence-electron chi connectivity index (χ0n) is 11.7. The van der Waals surface area contributed by atoms with Crippen LogP contribution in [-0.2, 0) is 0 Å². The van der Waals surface area contributed by atoms with Crippen LogP contribution in [0.5, 0.6) is 0 Å². The number of hydrogen-bond acceptors (Lipinski definition) is 2.